The number of nitrogens with zero attached hydrogens (tertiary/aromatic N) is 1. The van der Waals surface area contributed by atoms with E-state index >= 15 is 0 Å². The minimum absolute atomic E-state index is 0.0682. The molecule has 1 amide bonds. The van der Waals surface area contributed by atoms with Crippen molar-refractivity contribution in [2.24, 2.45) is 0 Å². The third-order valence-electron chi connectivity index (χ3n) is 5.79. The van der Waals surface area contributed by atoms with Crippen LogP contribution in [0.3, 0.4) is 0 Å². The maximum absolute atomic E-state index is 13.7. The fourth-order valence-corrected chi connectivity index (χ4v) is 3.88. The van der Waals surface area contributed by atoms with Gasteiger partial charge in [-0.2, -0.15) is 0 Å². The Hall–Kier alpha value is -4.72. The Kier molecular flexibility index (Phi) is 9.61. The minimum Gasteiger partial charge on any atom is -0.497 e. The molecule has 0 bridgehead atoms. The number of aryl methyl sites for hydroxylation is 1. The number of carbonyl (C=O) groups is 3. The summed E-state index contributed by atoms with van der Waals surface area (Å²) in [4.78, 5) is 43.6. The Morgan fingerprint density at radius 2 is 1.60 bits per heavy atom. The molecule has 0 spiro atoms. The van der Waals surface area contributed by atoms with E-state index in [0.717, 1.165) is 5.69 Å². The normalized spacial score (nSPS) is 12.2. The van der Waals surface area contributed by atoms with Crippen LogP contribution >= 0.6 is 0 Å². The molecule has 0 aliphatic carbocycles. The summed E-state index contributed by atoms with van der Waals surface area (Å²) in [6.07, 6.45) is 3.20. The van der Waals surface area contributed by atoms with E-state index in [1.165, 1.54) is 7.11 Å². The van der Waals surface area contributed by atoms with Crippen LogP contribution < -0.4 is 10.1 Å². The monoisotopic (exact) mass is 542 g/mol. The van der Waals surface area contributed by atoms with Crippen molar-refractivity contribution < 1.29 is 28.6 Å². The first-order valence-electron chi connectivity index (χ1n) is 12.6. The second kappa shape index (κ2) is 12.9. The zero-order chi connectivity index (χ0) is 29.4. The highest BCUT2D eigenvalue weighted by Crippen LogP contribution is 2.29. The van der Waals surface area contributed by atoms with Crippen molar-refractivity contribution in [3.8, 4) is 5.75 Å². The van der Waals surface area contributed by atoms with Gasteiger partial charge >= 0.3 is 11.9 Å². The molecule has 3 rings (SSSR count). The van der Waals surface area contributed by atoms with Crippen LogP contribution in [0, 0.1) is 6.92 Å². The predicted octanol–water partition coefficient (Wildman–Crippen LogP) is 6.02. The molecule has 1 aromatic heterocycles. The lowest BCUT2D eigenvalue weighted by Crippen LogP contribution is -2.23. The lowest BCUT2D eigenvalue weighted by molar-refractivity contribution is -0.136. The molecule has 40 heavy (non-hydrogen) atoms. The Morgan fingerprint density at radius 3 is 2.20 bits per heavy atom. The molecule has 3 aromatic rings. The van der Waals surface area contributed by atoms with Gasteiger partial charge in [0.25, 0.3) is 5.91 Å². The molecule has 1 heterocycles. The molecule has 1 N–H and O–H groups in total. The van der Waals surface area contributed by atoms with E-state index in [1.54, 1.807) is 108 Å². The minimum atomic E-state index is -0.691. The van der Waals surface area contributed by atoms with Crippen LogP contribution in [-0.2, 0) is 19.1 Å². The number of hydrogen-bond donors (Lipinski definition) is 1. The van der Waals surface area contributed by atoms with Crippen LogP contribution in [-0.4, -0.2) is 42.7 Å². The number of hydrogen-bond acceptors (Lipinski definition) is 7. The number of methoxy groups -OCH3 is 2. The number of anilines is 1. The maximum Gasteiger partial charge on any atom is 0.338 e. The first kappa shape index (κ1) is 29.8. The van der Waals surface area contributed by atoms with Crippen LogP contribution in [0.5, 0.6) is 5.75 Å². The van der Waals surface area contributed by atoms with E-state index in [1.807, 2.05) is 6.92 Å². The molecule has 208 valence electrons. The number of aromatic nitrogens is 1. The first-order valence-corrected chi connectivity index (χ1v) is 12.6. The molecule has 0 saturated carbocycles. The van der Waals surface area contributed by atoms with Gasteiger partial charge in [-0.3, -0.25) is 9.78 Å². The third-order valence-corrected chi connectivity index (χ3v) is 5.79. The maximum atomic E-state index is 13.7. The molecular formula is C32H34N2O6. The molecule has 0 aliphatic heterocycles. The second-order valence-electron chi connectivity index (χ2n) is 10.0. The summed E-state index contributed by atoms with van der Waals surface area (Å²) in [5.41, 5.74) is 2.88. The Balaban J connectivity index is 2.15. The van der Waals surface area contributed by atoms with Crippen LogP contribution in [0.4, 0.5) is 5.69 Å². The predicted molar refractivity (Wildman–Crippen MR) is 155 cm³/mol. The summed E-state index contributed by atoms with van der Waals surface area (Å²) in [7, 11) is 2.81. The highest BCUT2D eigenvalue weighted by atomic mass is 16.6. The summed E-state index contributed by atoms with van der Waals surface area (Å²) in [6, 6.07) is 17.1. The van der Waals surface area contributed by atoms with Crippen molar-refractivity contribution in [3.63, 3.8) is 0 Å². The van der Waals surface area contributed by atoms with E-state index in [4.69, 9.17) is 14.2 Å². The summed E-state index contributed by atoms with van der Waals surface area (Å²) < 4.78 is 15.9. The Bertz CT molecular complexity index is 1460. The fraction of sp³-hybridized carbons (Fsp3) is 0.250. The van der Waals surface area contributed by atoms with E-state index in [9.17, 15) is 14.4 Å². The first-order chi connectivity index (χ1) is 18.9. The largest absolute Gasteiger partial charge is 0.497 e. The quantitative estimate of drug-likeness (QED) is 0.211. The van der Waals surface area contributed by atoms with Crippen molar-refractivity contribution >= 4 is 35.2 Å². The fourth-order valence-electron chi connectivity index (χ4n) is 3.88. The zero-order valence-corrected chi connectivity index (χ0v) is 23.8. The van der Waals surface area contributed by atoms with Gasteiger partial charge in [0.05, 0.1) is 30.9 Å². The van der Waals surface area contributed by atoms with Crippen molar-refractivity contribution in [2.45, 2.75) is 40.2 Å². The average Bonchev–Trinajstić information content (AvgIpc) is 2.91. The molecule has 8 heteroatoms. The summed E-state index contributed by atoms with van der Waals surface area (Å²) in [6.45, 7) is 8.92. The van der Waals surface area contributed by atoms with E-state index in [-0.39, 0.29) is 11.1 Å². The summed E-state index contributed by atoms with van der Waals surface area (Å²) >= 11 is 0. The molecule has 0 fully saturated rings. The molecule has 2 aromatic carbocycles. The molecule has 8 nitrogen and oxygen atoms in total. The number of amides is 1. The molecule has 0 saturated heterocycles. The van der Waals surface area contributed by atoms with Crippen molar-refractivity contribution in [2.75, 3.05) is 19.5 Å². The van der Waals surface area contributed by atoms with Gasteiger partial charge in [0, 0.05) is 17.6 Å². The Labute approximate surface area is 234 Å². The molecule has 0 aliphatic rings. The number of allylic oxidation sites excluding steroid dienone is 1. The lowest BCUT2D eigenvalue weighted by atomic mass is 9.93. The number of benzene rings is 2. The van der Waals surface area contributed by atoms with Crippen LogP contribution in [0.15, 0.2) is 78.0 Å². The van der Waals surface area contributed by atoms with E-state index in [2.05, 4.69) is 10.3 Å². The van der Waals surface area contributed by atoms with E-state index in [0.29, 0.717) is 33.7 Å². The Morgan fingerprint density at radius 1 is 0.925 bits per heavy atom. The number of esters is 2. The van der Waals surface area contributed by atoms with Gasteiger partial charge in [-0.05, 0) is 93.8 Å². The lowest BCUT2D eigenvalue weighted by Gasteiger charge is -2.19. The second-order valence-corrected chi connectivity index (χ2v) is 10.0. The molecule has 0 radical (unpaired) electrons. The highest BCUT2D eigenvalue weighted by Gasteiger charge is 2.26. The summed E-state index contributed by atoms with van der Waals surface area (Å²) in [5.74, 6) is -1.07. The highest BCUT2D eigenvalue weighted by molar-refractivity contribution is 6.19. The van der Waals surface area contributed by atoms with Gasteiger partial charge in [-0.15, -0.1) is 0 Å². The number of ether oxygens (including phenoxy) is 3. The van der Waals surface area contributed by atoms with Crippen molar-refractivity contribution in [1.29, 1.82) is 0 Å². The van der Waals surface area contributed by atoms with Gasteiger partial charge in [0.2, 0.25) is 0 Å². The van der Waals surface area contributed by atoms with Gasteiger partial charge < -0.3 is 19.5 Å². The average molecular weight is 543 g/mol. The van der Waals surface area contributed by atoms with Crippen LogP contribution in [0.1, 0.15) is 54.9 Å². The molecule has 0 unspecified atom stereocenters. The number of rotatable bonds is 8. The number of pyridine rings is 1. The van der Waals surface area contributed by atoms with Crippen molar-refractivity contribution in [3.05, 3.63) is 100 Å². The topological polar surface area (TPSA) is 104 Å². The number of nitrogens with one attached hydrogen (secondary N) is 1. The smallest absolute Gasteiger partial charge is 0.338 e. The van der Waals surface area contributed by atoms with Crippen molar-refractivity contribution in [1.82, 2.24) is 4.98 Å². The van der Waals surface area contributed by atoms with Gasteiger partial charge in [-0.1, -0.05) is 24.3 Å². The SMILES string of the molecule is COC(=O)C(=C(/C)c1ccc(C(=O)OC(C)(C)C)cc1)/C(=C\c1cccc(OC)c1)C(=O)Nc1ccnc(C)c1. The zero-order valence-electron chi connectivity index (χ0n) is 23.8. The third kappa shape index (κ3) is 7.89. The number of carbonyl (C=O) groups excluding carboxylic acids is 3. The van der Waals surface area contributed by atoms with Crippen LogP contribution in [0.2, 0.25) is 0 Å². The van der Waals surface area contributed by atoms with Gasteiger partial charge in [-0.25, -0.2) is 9.59 Å². The standard InChI is InChI=1S/C32H34N2O6/c1-20-17-25(15-16-33-20)34-29(35)27(19-22-9-8-10-26(18-22)38-6)28(31(37)39-7)21(2)23-11-13-24(14-12-23)30(36)40-32(3,4)5/h8-19H,1-7H3,(H,33,34,35)/b27-19+,28-21-. The molecule has 0 atom stereocenters. The summed E-state index contributed by atoms with van der Waals surface area (Å²) in [5, 5.41) is 2.86. The van der Waals surface area contributed by atoms with E-state index < -0.39 is 23.4 Å². The van der Waals surface area contributed by atoms with Crippen LogP contribution in [0.25, 0.3) is 11.6 Å². The molecular weight excluding hydrogens is 508 g/mol. The van der Waals surface area contributed by atoms with Gasteiger partial charge in [0.1, 0.15) is 11.4 Å². The van der Waals surface area contributed by atoms with Gasteiger partial charge in [0.15, 0.2) is 0 Å².